The number of methoxy groups -OCH3 is 1. The lowest BCUT2D eigenvalue weighted by atomic mass is 9.92. The zero-order valence-corrected chi connectivity index (χ0v) is 14.9. The molecule has 2 saturated heterocycles. The third kappa shape index (κ3) is 3.98. The molecule has 0 spiro atoms. The van der Waals surface area contributed by atoms with Crippen LogP contribution < -0.4 is 0 Å². The van der Waals surface area contributed by atoms with Crippen molar-refractivity contribution >= 4 is 5.91 Å². The van der Waals surface area contributed by atoms with Gasteiger partial charge in [0, 0.05) is 51.7 Å². The fourth-order valence-corrected chi connectivity index (χ4v) is 3.76. The minimum absolute atomic E-state index is 0.0946. The van der Waals surface area contributed by atoms with Crippen LogP contribution >= 0.6 is 0 Å². The lowest BCUT2D eigenvalue weighted by Gasteiger charge is -2.33. The van der Waals surface area contributed by atoms with Crippen molar-refractivity contribution in [3.05, 3.63) is 17.7 Å². The highest BCUT2D eigenvalue weighted by molar-refractivity contribution is 5.79. The highest BCUT2D eigenvalue weighted by Crippen LogP contribution is 2.24. The van der Waals surface area contributed by atoms with E-state index in [2.05, 4.69) is 16.5 Å². The number of imidazole rings is 1. The van der Waals surface area contributed by atoms with Gasteiger partial charge in [-0.2, -0.15) is 0 Å². The Balaban J connectivity index is 1.51. The van der Waals surface area contributed by atoms with Crippen molar-refractivity contribution in [3.8, 4) is 0 Å². The van der Waals surface area contributed by atoms with E-state index in [-0.39, 0.29) is 5.92 Å². The molecule has 134 valence electrons. The second-order valence-corrected chi connectivity index (χ2v) is 6.99. The van der Waals surface area contributed by atoms with Crippen molar-refractivity contribution in [2.75, 3.05) is 40.0 Å². The van der Waals surface area contributed by atoms with Gasteiger partial charge in [0.1, 0.15) is 5.82 Å². The minimum atomic E-state index is 0.0946. The third-order valence-electron chi connectivity index (χ3n) is 5.33. The molecule has 1 aromatic heterocycles. The summed E-state index contributed by atoms with van der Waals surface area (Å²) in [6.07, 6.45) is 5.95. The number of hydrogen-bond acceptors (Lipinski definition) is 4. The predicted octanol–water partition coefficient (Wildman–Crippen LogP) is 1.66. The number of likely N-dealkylation sites (tertiary alicyclic amines) is 1. The van der Waals surface area contributed by atoms with Gasteiger partial charge >= 0.3 is 0 Å². The van der Waals surface area contributed by atoms with E-state index >= 15 is 0 Å². The molecule has 2 aliphatic heterocycles. The number of aromatic nitrogens is 2. The summed E-state index contributed by atoms with van der Waals surface area (Å²) in [5, 5.41) is 0. The van der Waals surface area contributed by atoms with Crippen molar-refractivity contribution in [2.45, 2.75) is 39.2 Å². The van der Waals surface area contributed by atoms with Gasteiger partial charge in [-0.25, -0.2) is 4.98 Å². The summed E-state index contributed by atoms with van der Waals surface area (Å²) in [6, 6.07) is 0. The van der Waals surface area contributed by atoms with E-state index < -0.39 is 0 Å². The molecule has 1 aromatic rings. The van der Waals surface area contributed by atoms with Crippen LogP contribution in [0.5, 0.6) is 0 Å². The molecule has 0 saturated carbocycles. The molecule has 3 heterocycles. The first kappa shape index (κ1) is 17.4. The number of piperidine rings is 1. The minimum Gasteiger partial charge on any atom is -0.383 e. The molecule has 2 fully saturated rings. The maximum atomic E-state index is 12.5. The molecule has 1 atom stereocenters. The van der Waals surface area contributed by atoms with E-state index in [9.17, 15) is 4.79 Å². The van der Waals surface area contributed by atoms with Gasteiger partial charge < -0.3 is 18.9 Å². The summed E-state index contributed by atoms with van der Waals surface area (Å²) >= 11 is 0. The molecule has 2 aliphatic rings. The van der Waals surface area contributed by atoms with Crippen LogP contribution in [0.2, 0.25) is 0 Å². The van der Waals surface area contributed by atoms with Gasteiger partial charge in [-0.15, -0.1) is 0 Å². The Labute approximate surface area is 144 Å². The number of nitrogens with zero attached hydrogens (tertiary/aromatic N) is 3. The summed E-state index contributed by atoms with van der Waals surface area (Å²) in [4.78, 5) is 19.1. The number of hydrogen-bond donors (Lipinski definition) is 0. The van der Waals surface area contributed by atoms with Crippen molar-refractivity contribution in [1.82, 2.24) is 14.5 Å². The Morgan fingerprint density at radius 2 is 2.17 bits per heavy atom. The van der Waals surface area contributed by atoms with Gasteiger partial charge in [0.25, 0.3) is 0 Å². The smallest absolute Gasteiger partial charge is 0.228 e. The van der Waals surface area contributed by atoms with Crippen LogP contribution in [0, 0.1) is 18.8 Å². The summed E-state index contributed by atoms with van der Waals surface area (Å²) < 4.78 is 12.8. The van der Waals surface area contributed by atoms with Crippen LogP contribution in [-0.2, 0) is 27.2 Å². The Kier molecular flexibility index (Phi) is 5.89. The van der Waals surface area contributed by atoms with Crippen molar-refractivity contribution in [2.24, 2.45) is 11.8 Å². The molecule has 1 unspecified atom stereocenters. The number of carbonyl (C=O) groups excluding carboxylic acids is 1. The van der Waals surface area contributed by atoms with Gasteiger partial charge in [0.05, 0.1) is 19.1 Å². The second-order valence-electron chi connectivity index (χ2n) is 6.99. The first-order valence-corrected chi connectivity index (χ1v) is 9.05. The lowest BCUT2D eigenvalue weighted by Crippen LogP contribution is -2.42. The molecule has 1 amide bonds. The number of rotatable bonds is 6. The van der Waals surface area contributed by atoms with Gasteiger partial charge in [0.2, 0.25) is 5.91 Å². The Hall–Kier alpha value is -1.40. The second kappa shape index (κ2) is 8.12. The largest absolute Gasteiger partial charge is 0.383 e. The Morgan fingerprint density at radius 3 is 2.83 bits per heavy atom. The Bertz CT molecular complexity index is 544. The third-order valence-corrected chi connectivity index (χ3v) is 5.33. The summed E-state index contributed by atoms with van der Waals surface area (Å²) in [6.45, 7) is 6.75. The van der Waals surface area contributed by atoms with Crippen molar-refractivity contribution < 1.29 is 14.3 Å². The Morgan fingerprint density at radius 1 is 1.38 bits per heavy atom. The quantitative estimate of drug-likeness (QED) is 0.793. The zero-order chi connectivity index (χ0) is 16.9. The van der Waals surface area contributed by atoms with E-state index in [1.807, 2.05) is 11.1 Å². The van der Waals surface area contributed by atoms with Gasteiger partial charge in [0.15, 0.2) is 0 Å². The highest BCUT2D eigenvalue weighted by Gasteiger charge is 2.31. The number of ether oxygens (including phenoxy) is 2. The lowest BCUT2D eigenvalue weighted by molar-refractivity contribution is -0.136. The maximum Gasteiger partial charge on any atom is 0.228 e. The first-order chi connectivity index (χ1) is 11.7. The number of aryl methyl sites for hydroxylation is 1. The number of carbonyl (C=O) groups is 1. The van der Waals surface area contributed by atoms with Crippen LogP contribution in [0.25, 0.3) is 0 Å². The van der Waals surface area contributed by atoms with E-state index in [1.165, 1.54) is 5.69 Å². The van der Waals surface area contributed by atoms with Crippen molar-refractivity contribution in [3.63, 3.8) is 0 Å². The molecule has 0 N–H and O–H groups in total. The van der Waals surface area contributed by atoms with E-state index in [0.29, 0.717) is 25.0 Å². The molecule has 24 heavy (non-hydrogen) atoms. The van der Waals surface area contributed by atoms with Crippen LogP contribution in [0.1, 0.15) is 30.8 Å². The van der Waals surface area contributed by atoms with E-state index in [4.69, 9.17) is 9.47 Å². The first-order valence-electron chi connectivity index (χ1n) is 9.05. The van der Waals surface area contributed by atoms with Crippen LogP contribution in [-0.4, -0.2) is 60.4 Å². The molecule has 0 aliphatic carbocycles. The van der Waals surface area contributed by atoms with Crippen molar-refractivity contribution in [1.29, 1.82) is 0 Å². The SMILES string of the molecule is COCCn1c(C)cnc1CC1CCN(C(=O)C2CCOC2)CC1. The van der Waals surface area contributed by atoms with Gasteiger partial charge in [-0.05, 0) is 32.1 Å². The molecule has 0 bridgehead atoms. The van der Waals surface area contributed by atoms with E-state index in [1.54, 1.807) is 7.11 Å². The molecular weight excluding hydrogens is 306 g/mol. The molecular formula is C18H29N3O3. The molecule has 0 aromatic carbocycles. The van der Waals surface area contributed by atoms with Gasteiger partial charge in [-0.1, -0.05) is 0 Å². The number of amides is 1. The average Bonchev–Trinajstić information content (AvgIpc) is 3.24. The molecule has 3 rings (SSSR count). The van der Waals surface area contributed by atoms with Crippen LogP contribution in [0.15, 0.2) is 6.20 Å². The summed E-state index contributed by atoms with van der Waals surface area (Å²) in [5.74, 6) is 2.15. The molecule has 6 nitrogen and oxygen atoms in total. The normalized spacial score (nSPS) is 22.2. The van der Waals surface area contributed by atoms with Gasteiger partial charge in [-0.3, -0.25) is 4.79 Å². The van der Waals surface area contributed by atoms with Crippen LogP contribution in [0.3, 0.4) is 0 Å². The fourth-order valence-electron chi connectivity index (χ4n) is 3.76. The summed E-state index contributed by atoms with van der Waals surface area (Å²) in [5.41, 5.74) is 1.19. The average molecular weight is 335 g/mol. The maximum absolute atomic E-state index is 12.5. The standard InChI is InChI=1S/C18H29N3O3/c1-14-12-19-17(21(14)8-10-23-2)11-15-3-6-20(7-4-15)18(22)16-5-9-24-13-16/h12,15-16H,3-11,13H2,1-2H3. The monoisotopic (exact) mass is 335 g/mol. The molecule has 0 radical (unpaired) electrons. The van der Waals surface area contributed by atoms with Crippen LogP contribution in [0.4, 0.5) is 0 Å². The van der Waals surface area contributed by atoms with E-state index in [0.717, 1.165) is 57.7 Å². The predicted molar refractivity (Wildman–Crippen MR) is 90.8 cm³/mol. The topological polar surface area (TPSA) is 56.6 Å². The zero-order valence-electron chi connectivity index (χ0n) is 14.9. The fraction of sp³-hybridized carbons (Fsp3) is 0.778. The highest BCUT2D eigenvalue weighted by atomic mass is 16.5. The summed E-state index contributed by atoms with van der Waals surface area (Å²) in [7, 11) is 1.73. The molecule has 6 heteroatoms.